The molecule has 0 saturated heterocycles. The van der Waals surface area contributed by atoms with Crippen LogP contribution in [-0.4, -0.2) is 25.1 Å². The molecule has 0 bridgehead atoms. The molecule has 20 heavy (non-hydrogen) atoms. The quantitative estimate of drug-likeness (QED) is 0.807. The van der Waals surface area contributed by atoms with Crippen molar-refractivity contribution in [2.24, 2.45) is 5.92 Å². The molecule has 0 atom stereocenters. The number of hydrogen-bond acceptors (Lipinski definition) is 3. The first kappa shape index (κ1) is 14.8. The molecule has 5 heteroatoms. The second-order valence-corrected chi connectivity index (χ2v) is 5.43. The largest absolute Gasteiger partial charge is 0.491 e. The highest BCUT2D eigenvalue weighted by atomic mass is 19.1. The number of rotatable bonds is 7. The van der Waals surface area contributed by atoms with E-state index in [1.165, 1.54) is 25.0 Å². The van der Waals surface area contributed by atoms with Gasteiger partial charge in [-0.3, -0.25) is 4.79 Å². The van der Waals surface area contributed by atoms with Gasteiger partial charge in [-0.2, -0.15) is 0 Å². The zero-order valence-electron chi connectivity index (χ0n) is 11.9. The van der Waals surface area contributed by atoms with E-state index in [1.54, 1.807) is 6.07 Å². The molecule has 0 unspecified atom stereocenters. The van der Waals surface area contributed by atoms with Crippen molar-refractivity contribution in [3.8, 4) is 5.75 Å². The van der Waals surface area contributed by atoms with Gasteiger partial charge in [0.25, 0.3) is 0 Å². The van der Waals surface area contributed by atoms with E-state index in [1.807, 2.05) is 13.8 Å². The third-order valence-electron chi connectivity index (χ3n) is 3.00. The van der Waals surface area contributed by atoms with Crippen molar-refractivity contribution in [1.82, 2.24) is 5.32 Å². The maximum absolute atomic E-state index is 13.8. The molecule has 0 aliphatic heterocycles. The Morgan fingerprint density at radius 2 is 2.20 bits per heavy atom. The summed E-state index contributed by atoms with van der Waals surface area (Å²) >= 11 is 0. The predicted molar refractivity (Wildman–Crippen MR) is 76.4 cm³/mol. The van der Waals surface area contributed by atoms with Gasteiger partial charge in [-0.25, -0.2) is 4.39 Å². The van der Waals surface area contributed by atoms with Gasteiger partial charge >= 0.3 is 0 Å². The highest BCUT2D eigenvalue weighted by Crippen LogP contribution is 2.27. The van der Waals surface area contributed by atoms with Crippen LogP contribution in [0.2, 0.25) is 0 Å². The van der Waals surface area contributed by atoms with E-state index < -0.39 is 5.82 Å². The molecule has 1 aromatic rings. The topological polar surface area (TPSA) is 50.4 Å². The Balaban J connectivity index is 1.83. The van der Waals surface area contributed by atoms with Crippen LogP contribution in [0.1, 0.15) is 26.7 Å². The third kappa shape index (κ3) is 4.81. The van der Waals surface area contributed by atoms with Crippen LogP contribution >= 0.6 is 0 Å². The van der Waals surface area contributed by atoms with Gasteiger partial charge in [-0.1, -0.05) is 0 Å². The van der Waals surface area contributed by atoms with E-state index in [9.17, 15) is 9.18 Å². The lowest BCUT2D eigenvalue weighted by Gasteiger charge is -2.12. The van der Waals surface area contributed by atoms with Crippen LogP contribution in [0.15, 0.2) is 18.2 Å². The maximum Gasteiger partial charge on any atom is 0.238 e. The van der Waals surface area contributed by atoms with E-state index in [0.29, 0.717) is 11.7 Å². The van der Waals surface area contributed by atoms with Gasteiger partial charge in [-0.05, 0) is 51.3 Å². The number of halogens is 1. The van der Waals surface area contributed by atoms with Crippen LogP contribution < -0.4 is 15.4 Å². The summed E-state index contributed by atoms with van der Waals surface area (Å²) in [5, 5.41) is 5.62. The Morgan fingerprint density at radius 3 is 2.80 bits per heavy atom. The van der Waals surface area contributed by atoms with Crippen molar-refractivity contribution in [3.63, 3.8) is 0 Å². The number of amides is 1. The van der Waals surface area contributed by atoms with Crippen LogP contribution in [-0.2, 0) is 4.79 Å². The van der Waals surface area contributed by atoms with Gasteiger partial charge in [0.15, 0.2) is 0 Å². The zero-order chi connectivity index (χ0) is 14.5. The first-order chi connectivity index (χ1) is 9.54. The highest BCUT2D eigenvalue weighted by Gasteiger charge is 2.20. The van der Waals surface area contributed by atoms with Crippen molar-refractivity contribution in [2.75, 3.05) is 18.4 Å². The summed E-state index contributed by atoms with van der Waals surface area (Å²) in [5.41, 5.74) is 0.180. The minimum Gasteiger partial charge on any atom is -0.491 e. The van der Waals surface area contributed by atoms with Crippen LogP contribution in [0.3, 0.4) is 0 Å². The number of hydrogen-bond donors (Lipinski definition) is 2. The van der Waals surface area contributed by atoms with Crippen molar-refractivity contribution < 1.29 is 13.9 Å². The van der Waals surface area contributed by atoms with Gasteiger partial charge in [0.2, 0.25) is 5.91 Å². The van der Waals surface area contributed by atoms with E-state index in [0.717, 1.165) is 6.54 Å². The first-order valence-corrected chi connectivity index (χ1v) is 7.01. The van der Waals surface area contributed by atoms with Gasteiger partial charge in [-0.15, -0.1) is 0 Å². The third-order valence-corrected chi connectivity index (χ3v) is 3.00. The molecule has 1 saturated carbocycles. The van der Waals surface area contributed by atoms with Crippen molar-refractivity contribution in [1.29, 1.82) is 0 Å². The zero-order valence-corrected chi connectivity index (χ0v) is 11.9. The Hall–Kier alpha value is -1.62. The maximum atomic E-state index is 13.8. The summed E-state index contributed by atoms with van der Waals surface area (Å²) in [4.78, 5) is 11.7. The summed E-state index contributed by atoms with van der Waals surface area (Å²) < 4.78 is 19.2. The molecular weight excluding hydrogens is 259 g/mol. The molecule has 1 aliphatic rings. The summed E-state index contributed by atoms with van der Waals surface area (Å²) in [7, 11) is 0. The van der Waals surface area contributed by atoms with Crippen LogP contribution in [0.25, 0.3) is 0 Å². The van der Waals surface area contributed by atoms with E-state index in [4.69, 9.17) is 4.74 Å². The average Bonchev–Trinajstić information content (AvgIpc) is 3.16. The van der Waals surface area contributed by atoms with Gasteiger partial charge < -0.3 is 15.4 Å². The van der Waals surface area contributed by atoms with Crippen molar-refractivity contribution in [3.05, 3.63) is 24.0 Å². The molecule has 0 radical (unpaired) electrons. The molecular formula is C15H21FN2O2. The monoisotopic (exact) mass is 280 g/mol. The second kappa shape index (κ2) is 6.70. The Labute approximate surface area is 118 Å². The van der Waals surface area contributed by atoms with E-state index in [-0.39, 0.29) is 24.2 Å². The fraction of sp³-hybridized carbons (Fsp3) is 0.533. The van der Waals surface area contributed by atoms with E-state index in [2.05, 4.69) is 10.6 Å². The number of carbonyl (C=O) groups is 1. The lowest BCUT2D eigenvalue weighted by molar-refractivity contribution is -0.115. The lowest BCUT2D eigenvalue weighted by Crippen LogP contribution is -2.29. The van der Waals surface area contributed by atoms with Gasteiger partial charge in [0.1, 0.15) is 11.6 Å². The van der Waals surface area contributed by atoms with Crippen LogP contribution in [0.5, 0.6) is 5.75 Å². The molecule has 0 spiro atoms. The Morgan fingerprint density at radius 1 is 1.45 bits per heavy atom. The first-order valence-electron chi connectivity index (χ1n) is 7.01. The molecule has 2 N–H and O–H groups in total. The Bertz CT molecular complexity index is 473. The summed E-state index contributed by atoms with van der Waals surface area (Å²) in [5.74, 6) is 0.454. The average molecular weight is 280 g/mol. The summed E-state index contributed by atoms with van der Waals surface area (Å²) in [6.07, 6.45) is 2.46. The fourth-order valence-electron chi connectivity index (χ4n) is 1.85. The number of ether oxygens (including phenoxy) is 1. The molecule has 0 aromatic heterocycles. The van der Waals surface area contributed by atoms with Gasteiger partial charge in [0.05, 0.1) is 18.3 Å². The molecule has 2 rings (SSSR count). The minimum absolute atomic E-state index is 0.0125. The number of benzene rings is 1. The van der Waals surface area contributed by atoms with Crippen molar-refractivity contribution in [2.45, 2.75) is 32.8 Å². The second-order valence-electron chi connectivity index (χ2n) is 5.43. The minimum atomic E-state index is -0.487. The molecule has 1 aromatic carbocycles. The predicted octanol–water partition coefficient (Wildman–Crippen LogP) is 2.55. The summed E-state index contributed by atoms with van der Waals surface area (Å²) in [6, 6.07) is 4.45. The van der Waals surface area contributed by atoms with E-state index >= 15 is 0 Å². The Kier molecular flexibility index (Phi) is 4.95. The standard InChI is InChI=1S/C15H21FN2O2/c1-10(2)20-12-5-6-14(13(16)7-12)18-15(19)9-17-8-11-3-4-11/h5-7,10-11,17H,3-4,8-9H2,1-2H3,(H,18,19). The van der Waals surface area contributed by atoms with Crippen LogP contribution in [0.4, 0.5) is 10.1 Å². The number of carbonyl (C=O) groups excluding carboxylic acids is 1. The molecule has 1 fully saturated rings. The SMILES string of the molecule is CC(C)Oc1ccc(NC(=O)CNCC2CC2)c(F)c1. The van der Waals surface area contributed by atoms with Gasteiger partial charge in [0, 0.05) is 6.07 Å². The lowest BCUT2D eigenvalue weighted by atomic mass is 10.2. The molecule has 110 valence electrons. The summed E-state index contributed by atoms with van der Waals surface area (Å²) in [6.45, 7) is 4.81. The molecule has 1 amide bonds. The van der Waals surface area contributed by atoms with Crippen LogP contribution in [0, 0.1) is 11.7 Å². The smallest absolute Gasteiger partial charge is 0.238 e. The van der Waals surface area contributed by atoms with Crippen molar-refractivity contribution >= 4 is 11.6 Å². The highest BCUT2D eigenvalue weighted by molar-refractivity contribution is 5.92. The molecule has 1 aliphatic carbocycles. The normalized spacial score (nSPS) is 14.4. The molecule has 4 nitrogen and oxygen atoms in total. The number of anilines is 1. The number of nitrogens with one attached hydrogen (secondary N) is 2. The fourth-order valence-corrected chi connectivity index (χ4v) is 1.85. The molecule has 0 heterocycles.